The van der Waals surface area contributed by atoms with Gasteiger partial charge in [-0.25, -0.2) is 0 Å². The van der Waals surface area contributed by atoms with Crippen LogP contribution in [0.2, 0.25) is 5.02 Å². The van der Waals surface area contributed by atoms with Gasteiger partial charge >= 0.3 is 0 Å². The molecule has 0 aliphatic carbocycles. The van der Waals surface area contributed by atoms with E-state index in [0.717, 1.165) is 4.21 Å². The summed E-state index contributed by atoms with van der Waals surface area (Å²) < 4.78 is 6.30. The largest absolute Gasteiger partial charge is 0.482 e. The van der Waals surface area contributed by atoms with Crippen molar-refractivity contribution in [1.82, 2.24) is 10.9 Å². The van der Waals surface area contributed by atoms with E-state index in [2.05, 4.69) is 10.9 Å². The molecule has 1 aromatic carbocycles. The first kappa shape index (κ1) is 16.7. The molecule has 0 unspecified atom stereocenters. The van der Waals surface area contributed by atoms with Crippen LogP contribution in [0.5, 0.6) is 5.75 Å². The van der Waals surface area contributed by atoms with Crippen LogP contribution in [0, 0.1) is 0 Å². The van der Waals surface area contributed by atoms with E-state index in [1.165, 1.54) is 11.8 Å². The molecule has 116 valence electrons. The average molecular weight is 357 g/mol. The van der Waals surface area contributed by atoms with Gasteiger partial charge in [0.05, 0.1) is 15.0 Å². The van der Waals surface area contributed by atoms with Gasteiger partial charge in [-0.2, -0.15) is 0 Å². The average Bonchev–Trinajstić information content (AvgIpc) is 3.03. The highest BCUT2D eigenvalue weighted by atomic mass is 35.5. The lowest BCUT2D eigenvalue weighted by molar-refractivity contribution is -0.128. The number of hydrogen-bond acceptors (Lipinski definition) is 5. The van der Waals surface area contributed by atoms with Crippen LogP contribution in [-0.4, -0.2) is 24.2 Å². The van der Waals surface area contributed by atoms with E-state index in [1.54, 1.807) is 35.6 Å². The molecule has 0 bridgehead atoms. The van der Waals surface area contributed by atoms with Crippen LogP contribution in [0.4, 0.5) is 0 Å². The minimum absolute atomic E-state index is 0.228. The molecule has 2 amide bonds. The second-order valence-corrected chi connectivity index (χ2v) is 6.67. The number of carbonyl (C=O) groups excluding carboxylic acids is 2. The van der Waals surface area contributed by atoms with Crippen LogP contribution in [0.1, 0.15) is 0 Å². The lowest BCUT2D eigenvalue weighted by Crippen LogP contribution is -2.44. The minimum Gasteiger partial charge on any atom is -0.482 e. The van der Waals surface area contributed by atoms with Gasteiger partial charge in [0.1, 0.15) is 5.75 Å². The quantitative estimate of drug-likeness (QED) is 0.617. The van der Waals surface area contributed by atoms with Gasteiger partial charge in [0, 0.05) is 0 Å². The molecule has 22 heavy (non-hydrogen) atoms. The van der Waals surface area contributed by atoms with Gasteiger partial charge in [-0.1, -0.05) is 29.8 Å². The fraction of sp³-hybridized carbons (Fsp3) is 0.143. The van der Waals surface area contributed by atoms with Crippen LogP contribution in [0.15, 0.2) is 46.0 Å². The molecule has 0 saturated carbocycles. The third kappa shape index (κ3) is 5.59. The zero-order valence-electron chi connectivity index (χ0n) is 11.4. The van der Waals surface area contributed by atoms with E-state index in [1.807, 2.05) is 17.5 Å². The van der Waals surface area contributed by atoms with Gasteiger partial charge in [0.15, 0.2) is 6.61 Å². The van der Waals surface area contributed by atoms with Gasteiger partial charge in [-0.15, -0.1) is 23.1 Å². The van der Waals surface area contributed by atoms with Crippen molar-refractivity contribution in [3.8, 4) is 5.75 Å². The maximum absolute atomic E-state index is 11.6. The lowest BCUT2D eigenvalue weighted by atomic mass is 10.3. The number of rotatable bonds is 6. The Morgan fingerprint density at radius 2 is 1.91 bits per heavy atom. The predicted molar refractivity (Wildman–Crippen MR) is 88.3 cm³/mol. The van der Waals surface area contributed by atoms with E-state index in [-0.39, 0.29) is 18.3 Å². The normalized spacial score (nSPS) is 10.0. The van der Waals surface area contributed by atoms with E-state index in [0.29, 0.717) is 10.8 Å². The monoisotopic (exact) mass is 356 g/mol. The second kappa shape index (κ2) is 8.67. The van der Waals surface area contributed by atoms with Crippen molar-refractivity contribution in [2.75, 3.05) is 12.4 Å². The number of ether oxygens (including phenoxy) is 1. The number of carbonyl (C=O) groups is 2. The van der Waals surface area contributed by atoms with Crippen LogP contribution in [0.3, 0.4) is 0 Å². The third-order valence-electron chi connectivity index (χ3n) is 2.38. The number of thioether (sulfide) groups is 1. The van der Waals surface area contributed by atoms with Crippen molar-refractivity contribution in [2.45, 2.75) is 4.21 Å². The van der Waals surface area contributed by atoms with Gasteiger partial charge in [0.25, 0.3) is 5.91 Å². The Hall–Kier alpha value is -1.70. The standard InChI is InChI=1S/C14H13ClN2O3S2/c15-10-4-1-2-5-11(10)20-8-12(18)16-17-13(19)9-22-14-6-3-7-21-14/h1-7H,8-9H2,(H,16,18)(H,17,19). The fourth-order valence-electron chi connectivity index (χ4n) is 1.40. The minimum atomic E-state index is -0.464. The number of amides is 2. The Labute approximate surface area is 141 Å². The highest BCUT2D eigenvalue weighted by Gasteiger charge is 2.07. The summed E-state index contributed by atoms with van der Waals surface area (Å²) in [5.41, 5.74) is 4.61. The van der Waals surface area contributed by atoms with Gasteiger partial charge in [-0.05, 0) is 23.6 Å². The topological polar surface area (TPSA) is 67.4 Å². The fourth-order valence-corrected chi connectivity index (χ4v) is 3.17. The third-order valence-corrected chi connectivity index (χ3v) is 4.82. The molecule has 0 aliphatic heterocycles. The molecular weight excluding hydrogens is 344 g/mol. The maximum Gasteiger partial charge on any atom is 0.276 e. The first-order valence-corrected chi connectivity index (χ1v) is 8.51. The van der Waals surface area contributed by atoms with Crippen LogP contribution in [-0.2, 0) is 9.59 Å². The molecule has 2 N–H and O–H groups in total. The lowest BCUT2D eigenvalue weighted by Gasteiger charge is -2.09. The molecule has 1 heterocycles. The molecule has 2 rings (SSSR count). The number of hydrazine groups is 1. The molecule has 2 aromatic rings. The summed E-state index contributed by atoms with van der Waals surface area (Å²) in [4.78, 5) is 23.1. The highest BCUT2D eigenvalue weighted by Crippen LogP contribution is 2.23. The van der Waals surface area contributed by atoms with Crippen molar-refractivity contribution < 1.29 is 14.3 Å². The Morgan fingerprint density at radius 1 is 1.14 bits per heavy atom. The molecule has 1 aromatic heterocycles. The number of nitrogens with one attached hydrogen (secondary N) is 2. The number of thiophene rings is 1. The van der Waals surface area contributed by atoms with Crippen molar-refractivity contribution in [2.24, 2.45) is 0 Å². The van der Waals surface area contributed by atoms with E-state index in [9.17, 15) is 9.59 Å². The first-order chi connectivity index (χ1) is 10.6. The number of hydrogen-bond donors (Lipinski definition) is 2. The van der Waals surface area contributed by atoms with E-state index < -0.39 is 5.91 Å². The number of para-hydroxylation sites is 1. The number of halogens is 1. The maximum atomic E-state index is 11.6. The summed E-state index contributed by atoms with van der Waals surface area (Å²) in [6.07, 6.45) is 0. The second-order valence-electron chi connectivity index (χ2n) is 4.04. The van der Waals surface area contributed by atoms with Crippen LogP contribution in [0.25, 0.3) is 0 Å². The van der Waals surface area contributed by atoms with Crippen molar-refractivity contribution in [3.05, 3.63) is 46.8 Å². The molecule has 0 atom stereocenters. The summed E-state index contributed by atoms with van der Waals surface area (Å²) >= 11 is 8.86. The molecule has 5 nitrogen and oxygen atoms in total. The van der Waals surface area contributed by atoms with Crippen LogP contribution >= 0.6 is 34.7 Å². The van der Waals surface area contributed by atoms with Crippen molar-refractivity contribution in [3.63, 3.8) is 0 Å². The Morgan fingerprint density at radius 3 is 2.64 bits per heavy atom. The Balaban J connectivity index is 1.65. The number of benzene rings is 1. The zero-order valence-corrected chi connectivity index (χ0v) is 13.8. The Bertz CT molecular complexity index is 635. The molecule has 0 radical (unpaired) electrons. The van der Waals surface area contributed by atoms with Gasteiger partial charge in [0.2, 0.25) is 5.91 Å². The summed E-state index contributed by atoms with van der Waals surface area (Å²) in [7, 11) is 0. The van der Waals surface area contributed by atoms with Crippen LogP contribution < -0.4 is 15.6 Å². The summed E-state index contributed by atoms with van der Waals surface area (Å²) in [5, 5.41) is 2.36. The summed E-state index contributed by atoms with van der Waals surface area (Å²) in [6, 6.07) is 10.7. The molecular formula is C14H13ClN2O3S2. The molecule has 0 fully saturated rings. The summed E-state index contributed by atoms with van der Waals surface area (Å²) in [6.45, 7) is -0.234. The predicted octanol–water partition coefficient (Wildman–Crippen LogP) is 2.72. The molecule has 0 saturated heterocycles. The first-order valence-electron chi connectivity index (χ1n) is 6.26. The Kier molecular flexibility index (Phi) is 6.57. The van der Waals surface area contributed by atoms with E-state index >= 15 is 0 Å². The van der Waals surface area contributed by atoms with Gasteiger partial charge < -0.3 is 4.74 Å². The molecule has 0 aliphatic rings. The van der Waals surface area contributed by atoms with Crippen molar-refractivity contribution in [1.29, 1.82) is 0 Å². The van der Waals surface area contributed by atoms with Gasteiger partial charge in [-0.3, -0.25) is 20.4 Å². The molecule has 0 spiro atoms. The highest BCUT2D eigenvalue weighted by molar-refractivity contribution is 8.01. The van der Waals surface area contributed by atoms with E-state index in [4.69, 9.17) is 16.3 Å². The molecule has 8 heteroatoms. The summed E-state index contributed by atoms with van der Waals surface area (Å²) in [5.74, 6) is -0.107. The smallest absolute Gasteiger partial charge is 0.276 e. The zero-order chi connectivity index (χ0) is 15.8. The SMILES string of the molecule is O=C(COc1ccccc1Cl)NNC(=O)CSc1cccs1. The van der Waals surface area contributed by atoms with Crippen molar-refractivity contribution >= 4 is 46.5 Å².